The maximum atomic E-state index is 11.4. The smallest absolute Gasteiger partial charge is 0.154 e. The van der Waals surface area contributed by atoms with Crippen LogP contribution in [0.4, 0.5) is 5.82 Å². The molecule has 106 valence electrons. The van der Waals surface area contributed by atoms with Gasteiger partial charge in [0.15, 0.2) is 9.84 Å². The molecule has 0 amide bonds. The van der Waals surface area contributed by atoms with E-state index in [-0.39, 0.29) is 5.75 Å². The van der Waals surface area contributed by atoms with Gasteiger partial charge in [0.1, 0.15) is 17.4 Å². The van der Waals surface area contributed by atoms with Gasteiger partial charge in [0, 0.05) is 24.4 Å². The molecule has 0 aliphatic rings. The second-order valence-corrected chi connectivity index (χ2v) is 6.79. The fraction of sp³-hybridized carbons (Fsp3) is 0.286. The van der Waals surface area contributed by atoms with E-state index >= 15 is 0 Å². The van der Waals surface area contributed by atoms with Crippen molar-refractivity contribution in [3.63, 3.8) is 0 Å². The monoisotopic (exact) mass is 291 g/mol. The maximum Gasteiger partial charge on any atom is 0.154 e. The van der Waals surface area contributed by atoms with Gasteiger partial charge in [-0.1, -0.05) is 30.3 Å². The minimum atomic E-state index is -3.17. The average molecular weight is 291 g/mol. The molecule has 1 aromatic heterocycles. The Balaban J connectivity index is 2.59. The first kappa shape index (κ1) is 14.5. The quantitative estimate of drug-likeness (QED) is 0.933. The van der Waals surface area contributed by atoms with Crippen LogP contribution in [0.3, 0.4) is 0 Å². The summed E-state index contributed by atoms with van der Waals surface area (Å²) in [6, 6.07) is 9.66. The number of nitrogens with one attached hydrogen (secondary N) is 1. The number of hydrogen-bond acceptors (Lipinski definition) is 5. The number of benzene rings is 1. The van der Waals surface area contributed by atoms with E-state index in [4.69, 9.17) is 0 Å². The molecule has 0 unspecified atom stereocenters. The molecule has 1 aromatic carbocycles. The van der Waals surface area contributed by atoms with Crippen LogP contribution in [0.5, 0.6) is 0 Å². The molecule has 0 fully saturated rings. The standard InChI is InChI=1S/C14H17N3O2S/c1-10-13(11-7-5-4-6-8-11)16-12(9-20(3,18)19)17-14(10)15-2/h4-8H,9H2,1-3H3,(H,15,16,17). The second kappa shape index (κ2) is 5.58. The molecule has 0 atom stereocenters. The molecule has 0 aliphatic heterocycles. The summed E-state index contributed by atoms with van der Waals surface area (Å²) in [4.78, 5) is 8.67. The molecule has 2 aromatic rings. The Bertz CT molecular complexity index is 713. The lowest BCUT2D eigenvalue weighted by atomic mass is 10.1. The minimum Gasteiger partial charge on any atom is -0.373 e. The van der Waals surface area contributed by atoms with Crippen LogP contribution in [-0.4, -0.2) is 31.7 Å². The van der Waals surface area contributed by atoms with Gasteiger partial charge < -0.3 is 5.32 Å². The lowest BCUT2D eigenvalue weighted by Crippen LogP contribution is -2.09. The van der Waals surface area contributed by atoms with E-state index in [2.05, 4.69) is 15.3 Å². The normalized spacial score (nSPS) is 11.3. The number of aromatic nitrogens is 2. The van der Waals surface area contributed by atoms with Gasteiger partial charge in [-0.3, -0.25) is 0 Å². The van der Waals surface area contributed by atoms with Gasteiger partial charge in [-0.25, -0.2) is 18.4 Å². The highest BCUT2D eigenvalue weighted by Crippen LogP contribution is 2.25. The lowest BCUT2D eigenvalue weighted by molar-refractivity contribution is 0.599. The molecule has 0 radical (unpaired) electrons. The van der Waals surface area contributed by atoms with E-state index < -0.39 is 9.84 Å². The van der Waals surface area contributed by atoms with E-state index in [1.807, 2.05) is 37.3 Å². The van der Waals surface area contributed by atoms with Crippen LogP contribution in [0.2, 0.25) is 0 Å². The van der Waals surface area contributed by atoms with Crippen LogP contribution in [-0.2, 0) is 15.6 Å². The predicted molar refractivity (Wildman–Crippen MR) is 80.3 cm³/mol. The van der Waals surface area contributed by atoms with Gasteiger partial charge in [0.25, 0.3) is 0 Å². The fourth-order valence-electron chi connectivity index (χ4n) is 1.98. The summed E-state index contributed by atoms with van der Waals surface area (Å²) in [6.07, 6.45) is 1.18. The minimum absolute atomic E-state index is 0.165. The lowest BCUT2D eigenvalue weighted by Gasteiger charge is -2.12. The van der Waals surface area contributed by atoms with Gasteiger partial charge in [-0.2, -0.15) is 0 Å². The van der Waals surface area contributed by atoms with Gasteiger partial charge >= 0.3 is 0 Å². The van der Waals surface area contributed by atoms with Crippen molar-refractivity contribution >= 4 is 15.7 Å². The summed E-state index contributed by atoms with van der Waals surface area (Å²) in [5.74, 6) is 0.792. The molecule has 6 heteroatoms. The zero-order chi connectivity index (χ0) is 14.8. The Morgan fingerprint density at radius 1 is 1.15 bits per heavy atom. The summed E-state index contributed by atoms with van der Waals surface area (Å²) in [6.45, 7) is 1.92. The first-order chi connectivity index (χ1) is 9.40. The SMILES string of the molecule is CNc1nc(CS(C)(=O)=O)nc(-c2ccccc2)c1C. The molecular weight excluding hydrogens is 274 g/mol. The van der Waals surface area contributed by atoms with Crippen LogP contribution >= 0.6 is 0 Å². The van der Waals surface area contributed by atoms with Crippen molar-refractivity contribution in [3.8, 4) is 11.3 Å². The van der Waals surface area contributed by atoms with Crippen molar-refractivity contribution in [3.05, 3.63) is 41.7 Å². The molecule has 2 rings (SSSR count). The Labute approximate surface area is 119 Å². The number of nitrogens with zero attached hydrogens (tertiary/aromatic N) is 2. The zero-order valence-corrected chi connectivity index (χ0v) is 12.5. The molecular formula is C14H17N3O2S. The van der Waals surface area contributed by atoms with Crippen LogP contribution in [0.1, 0.15) is 11.4 Å². The summed E-state index contributed by atoms with van der Waals surface area (Å²) < 4.78 is 22.9. The van der Waals surface area contributed by atoms with E-state index in [0.29, 0.717) is 11.6 Å². The van der Waals surface area contributed by atoms with Crippen molar-refractivity contribution in [2.45, 2.75) is 12.7 Å². The third-order valence-corrected chi connectivity index (χ3v) is 3.65. The molecule has 0 saturated heterocycles. The van der Waals surface area contributed by atoms with Gasteiger partial charge in [-0.05, 0) is 6.92 Å². The topological polar surface area (TPSA) is 72.0 Å². The van der Waals surface area contributed by atoms with Gasteiger partial charge in [-0.15, -0.1) is 0 Å². The molecule has 20 heavy (non-hydrogen) atoms. The molecule has 1 heterocycles. The molecule has 1 N–H and O–H groups in total. The van der Waals surface area contributed by atoms with Crippen molar-refractivity contribution in [2.75, 3.05) is 18.6 Å². The number of anilines is 1. The summed E-state index contributed by atoms with van der Waals surface area (Å²) in [5, 5.41) is 2.99. The summed E-state index contributed by atoms with van der Waals surface area (Å²) in [5.41, 5.74) is 2.60. The number of sulfone groups is 1. The fourth-order valence-corrected chi connectivity index (χ4v) is 2.58. The van der Waals surface area contributed by atoms with Gasteiger partial charge in [0.05, 0.1) is 5.69 Å². The Kier molecular flexibility index (Phi) is 4.04. The highest BCUT2D eigenvalue weighted by atomic mass is 32.2. The summed E-state index contributed by atoms with van der Waals surface area (Å²) in [7, 11) is -1.41. The van der Waals surface area contributed by atoms with Gasteiger partial charge in [0.2, 0.25) is 0 Å². The molecule has 0 spiro atoms. The van der Waals surface area contributed by atoms with Crippen LogP contribution in [0, 0.1) is 6.92 Å². The average Bonchev–Trinajstić information content (AvgIpc) is 2.40. The third kappa shape index (κ3) is 3.33. The van der Waals surface area contributed by atoms with Crippen LogP contribution in [0.25, 0.3) is 11.3 Å². The highest BCUT2D eigenvalue weighted by molar-refractivity contribution is 7.89. The van der Waals surface area contributed by atoms with E-state index in [1.165, 1.54) is 6.26 Å². The van der Waals surface area contributed by atoms with Crippen molar-refractivity contribution in [1.29, 1.82) is 0 Å². The first-order valence-electron chi connectivity index (χ1n) is 6.19. The van der Waals surface area contributed by atoms with Crippen LogP contribution < -0.4 is 5.32 Å². The molecule has 0 bridgehead atoms. The largest absolute Gasteiger partial charge is 0.373 e. The van der Waals surface area contributed by atoms with Crippen molar-refractivity contribution < 1.29 is 8.42 Å². The van der Waals surface area contributed by atoms with E-state index in [1.54, 1.807) is 7.05 Å². The predicted octanol–water partition coefficient (Wildman–Crippen LogP) is 2.04. The van der Waals surface area contributed by atoms with Crippen molar-refractivity contribution in [2.24, 2.45) is 0 Å². The molecule has 0 aliphatic carbocycles. The Morgan fingerprint density at radius 3 is 2.35 bits per heavy atom. The third-order valence-electron chi connectivity index (χ3n) is 2.87. The molecule has 0 saturated carbocycles. The number of rotatable bonds is 4. The Morgan fingerprint density at radius 2 is 1.80 bits per heavy atom. The van der Waals surface area contributed by atoms with E-state index in [0.717, 1.165) is 16.8 Å². The second-order valence-electron chi connectivity index (χ2n) is 4.65. The van der Waals surface area contributed by atoms with Crippen molar-refractivity contribution in [1.82, 2.24) is 9.97 Å². The van der Waals surface area contributed by atoms with Crippen LogP contribution in [0.15, 0.2) is 30.3 Å². The van der Waals surface area contributed by atoms with E-state index in [9.17, 15) is 8.42 Å². The first-order valence-corrected chi connectivity index (χ1v) is 8.25. The number of hydrogen-bond donors (Lipinski definition) is 1. The highest BCUT2D eigenvalue weighted by Gasteiger charge is 2.14. The molecule has 5 nitrogen and oxygen atoms in total. The Hall–Kier alpha value is -1.95. The maximum absolute atomic E-state index is 11.4. The zero-order valence-electron chi connectivity index (χ0n) is 11.7. The summed E-state index contributed by atoms with van der Waals surface area (Å²) >= 11 is 0.